The Morgan fingerprint density at radius 1 is 1.26 bits per heavy atom. The summed E-state index contributed by atoms with van der Waals surface area (Å²) in [5, 5.41) is 20.3. The second-order valence-electron chi connectivity index (χ2n) is 7.61. The summed E-state index contributed by atoms with van der Waals surface area (Å²) in [6.45, 7) is 1.30. The van der Waals surface area contributed by atoms with Gasteiger partial charge in [0, 0.05) is 17.7 Å². The molecule has 176 valence electrons. The van der Waals surface area contributed by atoms with Crippen molar-refractivity contribution in [3.05, 3.63) is 80.6 Å². The number of amides is 2. The van der Waals surface area contributed by atoms with Crippen molar-refractivity contribution in [3.8, 4) is 5.75 Å². The molecule has 2 aromatic carbocycles. The number of non-ortho nitro benzene ring substituents is 1. The number of carbonyl (C=O) groups is 3. The number of hydrogen-bond acceptors (Lipinski definition) is 9. The van der Waals surface area contributed by atoms with Crippen molar-refractivity contribution in [2.75, 3.05) is 0 Å². The van der Waals surface area contributed by atoms with Gasteiger partial charge in [0.1, 0.15) is 17.7 Å². The van der Waals surface area contributed by atoms with Crippen molar-refractivity contribution < 1.29 is 33.9 Å². The van der Waals surface area contributed by atoms with Crippen molar-refractivity contribution in [3.63, 3.8) is 0 Å². The van der Waals surface area contributed by atoms with Crippen molar-refractivity contribution in [1.82, 2.24) is 4.90 Å². The molecule has 0 aromatic heterocycles. The van der Waals surface area contributed by atoms with Gasteiger partial charge in [-0.3, -0.25) is 24.6 Å². The number of ether oxygens (including phenoxy) is 2. The standard InChI is InChI=1S/C22H19N3O8S/c1-11(26)16-19(28)24-17(21(29)32-10-12-5-7-14(8-6-12)25(30)31)22(34-20(16)24)33-15-4-2-3-13(9-15)18(23)27/h2-9,11,16,20,26H,10H2,1H3,(H2,23,27)/t11-,16+,20-/m1/s1. The van der Waals surface area contributed by atoms with Crippen LogP contribution in [0.3, 0.4) is 0 Å². The van der Waals surface area contributed by atoms with Crippen LogP contribution in [-0.4, -0.2) is 44.2 Å². The van der Waals surface area contributed by atoms with Crippen molar-refractivity contribution in [2.45, 2.75) is 25.0 Å². The molecule has 0 aliphatic carbocycles. The summed E-state index contributed by atoms with van der Waals surface area (Å²) in [7, 11) is 0. The lowest BCUT2D eigenvalue weighted by molar-refractivity contribution is -0.384. The van der Waals surface area contributed by atoms with Gasteiger partial charge in [0.15, 0.2) is 10.8 Å². The smallest absolute Gasteiger partial charge is 0.359 e. The highest BCUT2D eigenvalue weighted by molar-refractivity contribution is 8.03. The molecule has 3 N–H and O–H groups in total. The van der Waals surface area contributed by atoms with E-state index in [1.54, 1.807) is 12.1 Å². The number of β-lactam (4-membered cyclic amide) rings is 1. The van der Waals surface area contributed by atoms with E-state index in [9.17, 15) is 29.6 Å². The molecule has 1 fully saturated rings. The topological polar surface area (TPSA) is 162 Å². The number of nitrogens with two attached hydrogens (primary N) is 1. The minimum Gasteiger partial charge on any atom is -0.456 e. The largest absolute Gasteiger partial charge is 0.456 e. The fourth-order valence-corrected chi connectivity index (χ4v) is 5.03. The molecule has 2 aromatic rings. The number of hydrogen-bond donors (Lipinski definition) is 2. The van der Waals surface area contributed by atoms with Gasteiger partial charge in [-0.2, -0.15) is 0 Å². The number of rotatable bonds is 8. The molecule has 11 nitrogen and oxygen atoms in total. The zero-order chi connectivity index (χ0) is 24.6. The lowest BCUT2D eigenvalue weighted by Crippen LogP contribution is -2.60. The highest BCUT2D eigenvalue weighted by Crippen LogP contribution is 2.51. The minimum absolute atomic E-state index is 0.0804. The number of benzene rings is 2. The van der Waals surface area contributed by atoms with Crippen LogP contribution in [0, 0.1) is 16.0 Å². The Labute approximate surface area is 197 Å². The van der Waals surface area contributed by atoms with Crippen LogP contribution >= 0.6 is 11.8 Å². The first-order valence-corrected chi connectivity index (χ1v) is 11.0. The van der Waals surface area contributed by atoms with Gasteiger partial charge in [0.2, 0.25) is 11.8 Å². The van der Waals surface area contributed by atoms with Gasteiger partial charge < -0.3 is 20.3 Å². The van der Waals surface area contributed by atoms with Crippen LogP contribution in [0.1, 0.15) is 22.8 Å². The summed E-state index contributed by atoms with van der Waals surface area (Å²) in [5.41, 5.74) is 5.79. The maximum atomic E-state index is 13.0. The molecule has 0 radical (unpaired) electrons. The number of nitro groups is 1. The van der Waals surface area contributed by atoms with Crippen LogP contribution < -0.4 is 10.5 Å². The fraction of sp³-hybridized carbons (Fsp3) is 0.227. The molecular weight excluding hydrogens is 466 g/mol. The average Bonchev–Trinajstić information content (AvgIpc) is 3.11. The molecule has 0 bridgehead atoms. The van der Waals surface area contributed by atoms with E-state index in [1.807, 2.05) is 0 Å². The first-order chi connectivity index (χ1) is 16.2. The van der Waals surface area contributed by atoms with Gasteiger partial charge in [0.05, 0.1) is 16.9 Å². The van der Waals surface area contributed by atoms with Crippen LogP contribution in [0.4, 0.5) is 5.69 Å². The molecule has 2 heterocycles. The van der Waals surface area contributed by atoms with Gasteiger partial charge in [-0.1, -0.05) is 17.8 Å². The lowest BCUT2D eigenvalue weighted by atomic mass is 9.92. The maximum Gasteiger partial charge on any atom is 0.359 e. The highest BCUT2D eigenvalue weighted by atomic mass is 32.2. The molecule has 12 heteroatoms. The Morgan fingerprint density at radius 2 is 1.97 bits per heavy atom. The second kappa shape index (κ2) is 9.15. The summed E-state index contributed by atoms with van der Waals surface area (Å²) < 4.78 is 11.2. The number of aliphatic hydroxyl groups is 1. The number of nitro benzene ring substituents is 1. The molecule has 2 amide bonds. The van der Waals surface area contributed by atoms with Crippen LogP contribution in [0.5, 0.6) is 5.75 Å². The van der Waals surface area contributed by atoms with Crippen LogP contribution in [0.15, 0.2) is 59.3 Å². The highest BCUT2D eigenvalue weighted by Gasteiger charge is 2.58. The molecule has 2 aliphatic heterocycles. The average molecular weight is 485 g/mol. The predicted octanol–water partition coefficient (Wildman–Crippen LogP) is 1.90. The fourth-order valence-electron chi connectivity index (χ4n) is 3.56. The predicted molar refractivity (Wildman–Crippen MR) is 119 cm³/mol. The van der Waals surface area contributed by atoms with Gasteiger partial charge in [-0.25, -0.2) is 4.79 Å². The third-order valence-corrected chi connectivity index (χ3v) is 6.54. The zero-order valence-electron chi connectivity index (χ0n) is 17.7. The summed E-state index contributed by atoms with van der Waals surface area (Å²) >= 11 is 1.08. The number of fused-ring (bicyclic) bond motifs is 1. The molecule has 2 aliphatic rings. The maximum absolute atomic E-state index is 13.0. The van der Waals surface area contributed by atoms with Gasteiger partial charge >= 0.3 is 5.97 Å². The number of esters is 1. The monoisotopic (exact) mass is 485 g/mol. The third kappa shape index (κ3) is 4.32. The molecule has 4 rings (SSSR count). The van der Waals surface area contributed by atoms with Crippen molar-refractivity contribution >= 4 is 35.2 Å². The summed E-state index contributed by atoms with van der Waals surface area (Å²) in [6, 6.07) is 11.5. The normalized spacial score (nSPS) is 19.8. The Bertz CT molecular complexity index is 1210. The summed E-state index contributed by atoms with van der Waals surface area (Å²) in [5.74, 6) is -2.44. The minimum atomic E-state index is -0.934. The molecule has 1 saturated heterocycles. The third-order valence-electron chi connectivity index (χ3n) is 5.31. The quantitative estimate of drug-likeness (QED) is 0.246. The summed E-state index contributed by atoms with van der Waals surface area (Å²) in [6.07, 6.45) is -0.934. The Balaban J connectivity index is 1.57. The number of nitrogens with zero attached hydrogens (tertiary/aromatic N) is 2. The summed E-state index contributed by atoms with van der Waals surface area (Å²) in [4.78, 5) is 48.6. The Morgan fingerprint density at radius 3 is 2.59 bits per heavy atom. The van der Waals surface area contributed by atoms with E-state index in [0.29, 0.717) is 5.56 Å². The van der Waals surface area contributed by atoms with E-state index in [1.165, 1.54) is 48.2 Å². The van der Waals surface area contributed by atoms with Crippen molar-refractivity contribution in [2.24, 2.45) is 11.7 Å². The van der Waals surface area contributed by atoms with E-state index in [-0.39, 0.29) is 34.4 Å². The SMILES string of the molecule is C[C@@H](O)[C@H]1C(=O)N2C(C(=O)OCc3ccc([N+](=O)[O-])cc3)=C(Oc3cccc(C(N)=O)c3)S[C@H]12. The molecule has 0 spiro atoms. The van der Waals surface area contributed by atoms with Crippen molar-refractivity contribution in [1.29, 1.82) is 0 Å². The van der Waals surface area contributed by atoms with Gasteiger partial charge in [-0.05, 0) is 42.8 Å². The number of carbonyl (C=O) groups excluding carboxylic acids is 3. The second-order valence-corrected chi connectivity index (χ2v) is 8.70. The molecule has 3 atom stereocenters. The van der Waals surface area contributed by atoms with E-state index < -0.39 is 40.1 Å². The molecule has 0 saturated carbocycles. The van der Waals surface area contributed by atoms with Crippen LogP contribution in [-0.2, 0) is 20.9 Å². The zero-order valence-corrected chi connectivity index (χ0v) is 18.6. The van der Waals surface area contributed by atoms with Crippen LogP contribution in [0.25, 0.3) is 0 Å². The molecular formula is C22H19N3O8S. The van der Waals surface area contributed by atoms with E-state index in [2.05, 4.69) is 0 Å². The number of aliphatic hydroxyl groups excluding tert-OH is 1. The molecule has 0 unspecified atom stereocenters. The van der Waals surface area contributed by atoms with E-state index in [0.717, 1.165) is 11.8 Å². The Kier molecular flexibility index (Phi) is 6.26. The Hall–Kier alpha value is -3.90. The van der Waals surface area contributed by atoms with E-state index >= 15 is 0 Å². The van der Waals surface area contributed by atoms with Gasteiger partial charge in [0.25, 0.3) is 5.69 Å². The van der Waals surface area contributed by atoms with Crippen LogP contribution in [0.2, 0.25) is 0 Å². The number of primary amides is 1. The first kappa shape index (κ1) is 23.3. The number of thioether (sulfide) groups is 1. The van der Waals surface area contributed by atoms with E-state index in [4.69, 9.17) is 15.2 Å². The molecule has 34 heavy (non-hydrogen) atoms. The van der Waals surface area contributed by atoms with Gasteiger partial charge in [-0.15, -0.1) is 0 Å². The first-order valence-electron chi connectivity index (χ1n) is 10.1. The lowest BCUT2D eigenvalue weighted by Gasteiger charge is -2.43.